The van der Waals surface area contributed by atoms with E-state index in [9.17, 15) is 0 Å². The first-order chi connectivity index (χ1) is 6.90. The molecule has 2 rings (SSSR count). The second-order valence-corrected chi connectivity index (χ2v) is 3.77. The van der Waals surface area contributed by atoms with Gasteiger partial charge in [0.15, 0.2) is 0 Å². The van der Waals surface area contributed by atoms with E-state index in [4.69, 9.17) is 4.74 Å². The van der Waals surface area contributed by atoms with Crippen LogP contribution in [-0.4, -0.2) is 29.2 Å². The molecule has 2 atom stereocenters. The molecule has 14 heavy (non-hydrogen) atoms. The fourth-order valence-corrected chi connectivity index (χ4v) is 2.06. The second-order valence-electron chi connectivity index (χ2n) is 3.77. The summed E-state index contributed by atoms with van der Waals surface area (Å²) in [6.45, 7) is 0.852. The van der Waals surface area contributed by atoms with Crippen molar-refractivity contribution in [2.24, 2.45) is 0 Å². The lowest BCUT2D eigenvalue weighted by atomic mass is 10.2. The standard InChI is InChI=1S/C10H17N3O/c1-14-10-4-2-3-9(10)12-6-8-5-11-7-13-8/h5,7,9-10,12H,2-4,6H2,1H3,(H,11,13). The summed E-state index contributed by atoms with van der Waals surface area (Å²) in [5.41, 5.74) is 1.13. The van der Waals surface area contributed by atoms with Gasteiger partial charge in [0, 0.05) is 31.6 Å². The number of methoxy groups -OCH3 is 1. The minimum Gasteiger partial charge on any atom is -0.380 e. The van der Waals surface area contributed by atoms with E-state index in [1.807, 2.05) is 6.20 Å². The molecule has 0 spiro atoms. The fraction of sp³-hybridized carbons (Fsp3) is 0.700. The number of aromatic amines is 1. The maximum absolute atomic E-state index is 5.41. The first-order valence-corrected chi connectivity index (χ1v) is 5.13. The van der Waals surface area contributed by atoms with E-state index >= 15 is 0 Å². The third-order valence-electron chi connectivity index (χ3n) is 2.86. The van der Waals surface area contributed by atoms with Crippen molar-refractivity contribution in [1.29, 1.82) is 0 Å². The first kappa shape index (κ1) is 9.68. The molecule has 78 valence electrons. The molecule has 4 nitrogen and oxygen atoms in total. The molecule has 4 heteroatoms. The zero-order valence-corrected chi connectivity index (χ0v) is 8.49. The number of nitrogens with one attached hydrogen (secondary N) is 2. The van der Waals surface area contributed by atoms with Crippen LogP contribution in [0, 0.1) is 0 Å². The van der Waals surface area contributed by atoms with Gasteiger partial charge in [-0.2, -0.15) is 0 Å². The topological polar surface area (TPSA) is 49.9 Å². The summed E-state index contributed by atoms with van der Waals surface area (Å²) in [5, 5.41) is 3.49. The predicted octanol–water partition coefficient (Wildman–Crippen LogP) is 1.07. The van der Waals surface area contributed by atoms with E-state index in [-0.39, 0.29) is 0 Å². The Kier molecular flexibility index (Phi) is 3.16. The molecule has 0 aliphatic heterocycles. The lowest BCUT2D eigenvalue weighted by Gasteiger charge is -2.18. The van der Waals surface area contributed by atoms with Gasteiger partial charge >= 0.3 is 0 Å². The first-order valence-electron chi connectivity index (χ1n) is 5.13. The highest BCUT2D eigenvalue weighted by atomic mass is 16.5. The monoisotopic (exact) mass is 195 g/mol. The Morgan fingerprint density at radius 2 is 2.57 bits per heavy atom. The molecule has 1 heterocycles. The van der Waals surface area contributed by atoms with E-state index in [0.29, 0.717) is 12.1 Å². The van der Waals surface area contributed by atoms with Gasteiger partial charge in [-0.3, -0.25) is 0 Å². The Labute approximate surface area is 84.1 Å². The van der Waals surface area contributed by atoms with Gasteiger partial charge in [0.05, 0.1) is 12.4 Å². The molecule has 0 radical (unpaired) electrons. The lowest BCUT2D eigenvalue weighted by molar-refractivity contribution is 0.0846. The minimum atomic E-state index is 0.387. The SMILES string of the molecule is COC1CCCC1NCc1cnc[nH]1. The van der Waals surface area contributed by atoms with Gasteiger partial charge < -0.3 is 15.0 Å². The molecule has 0 saturated heterocycles. The summed E-state index contributed by atoms with van der Waals surface area (Å²) in [6, 6.07) is 0.503. The molecule has 0 bridgehead atoms. The average Bonchev–Trinajstić information content (AvgIpc) is 2.85. The van der Waals surface area contributed by atoms with Crippen molar-refractivity contribution in [1.82, 2.24) is 15.3 Å². The summed E-state index contributed by atoms with van der Waals surface area (Å²) < 4.78 is 5.41. The number of aromatic nitrogens is 2. The van der Waals surface area contributed by atoms with Crippen LogP contribution in [0.3, 0.4) is 0 Å². The number of hydrogen-bond donors (Lipinski definition) is 2. The maximum Gasteiger partial charge on any atom is 0.0922 e. The molecule has 1 aromatic rings. The third kappa shape index (κ3) is 2.13. The second kappa shape index (κ2) is 4.57. The van der Waals surface area contributed by atoms with Crippen molar-refractivity contribution in [2.75, 3.05) is 7.11 Å². The zero-order chi connectivity index (χ0) is 9.80. The molecule has 1 aliphatic rings. The van der Waals surface area contributed by atoms with Crippen LogP contribution < -0.4 is 5.32 Å². The van der Waals surface area contributed by atoms with Crippen LogP contribution >= 0.6 is 0 Å². The van der Waals surface area contributed by atoms with Crippen LogP contribution in [-0.2, 0) is 11.3 Å². The Bertz CT molecular complexity index is 260. The summed E-state index contributed by atoms with van der Waals surface area (Å²) in [6.07, 6.45) is 7.60. The predicted molar refractivity (Wildman–Crippen MR) is 53.9 cm³/mol. The zero-order valence-electron chi connectivity index (χ0n) is 8.49. The van der Waals surface area contributed by atoms with Crippen molar-refractivity contribution >= 4 is 0 Å². The van der Waals surface area contributed by atoms with E-state index in [1.54, 1.807) is 13.4 Å². The van der Waals surface area contributed by atoms with Crippen molar-refractivity contribution in [3.63, 3.8) is 0 Å². The Morgan fingerprint density at radius 1 is 1.64 bits per heavy atom. The smallest absolute Gasteiger partial charge is 0.0922 e. The fourth-order valence-electron chi connectivity index (χ4n) is 2.06. The number of H-pyrrole nitrogens is 1. The van der Waals surface area contributed by atoms with Gasteiger partial charge in [-0.1, -0.05) is 0 Å². The summed E-state index contributed by atoms with van der Waals surface area (Å²) >= 11 is 0. The molecule has 0 aromatic carbocycles. The maximum atomic E-state index is 5.41. The molecule has 1 saturated carbocycles. The van der Waals surface area contributed by atoms with Crippen LogP contribution in [0.25, 0.3) is 0 Å². The summed E-state index contributed by atoms with van der Waals surface area (Å²) in [7, 11) is 1.79. The number of hydrogen-bond acceptors (Lipinski definition) is 3. The quantitative estimate of drug-likeness (QED) is 0.755. The number of rotatable bonds is 4. The van der Waals surface area contributed by atoms with Gasteiger partial charge in [-0.15, -0.1) is 0 Å². The molecule has 2 N–H and O–H groups in total. The van der Waals surface area contributed by atoms with E-state index < -0.39 is 0 Å². The van der Waals surface area contributed by atoms with Gasteiger partial charge in [-0.05, 0) is 19.3 Å². The summed E-state index contributed by atoms with van der Waals surface area (Å²) in [4.78, 5) is 7.06. The Balaban J connectivity index is 1.80. The minimum absolute atomic E-state index is 0.387. The molecule has 1 fully saturated rings. The molecule has 1 aliphatic carbocycles. The van der Waals surface area contributed by atoms with E-state index in [1.165, 1.54) is 19.3 Å². The van der Waals surface area contributed by atoms with E-state index in [2.05, 4.69) is 15.3 Å². The van der Waals surface area contributed by atoms with Crippen molar-refractivity contribution in [3.8, 4) is 0 Å². The van der Waals surface area contributed by atoms with Gasteiger partial charge in [0.2, 0.25) is 0 Å². The van der Waals surface area contributed by atoms with Crippen LogP contribution in [0.1, 0.15) is 25.0 Å². The molecular formula is C10H17N3O. The lowest BCUT2D eigenvalue weighted by Crippen LogP contribution is -2.36. The van der Waals surface area contributed by atoms with Crippen molar-refractivity contribution < 1.29 is 4.74 Å². The van der Waals surface area contributed by atoms with Crippen LogP contribution in [0.2, 0.25) is 0 Å². The van der Waals surface area contributed by atoms with Crippen LogP contribution in [0.4, 0.5) is 0 Å². The molecule has 2 unspecified atom stereocenters. The normalized spacial score (nSPS) is 26.9. The number of ether oxygens (including phenoxy) is 1. The summed E-state index contributed by atoms with van der Waals surface area (Å²) in [5.74, 6) is 0. The molecule has 1 aromatic heterocycles. The highest BCUT2D eigenvalue weighted by Crippen LogP contribution is 2.21. The third-order valence-corrected chi connectivity index (χ3v) is 2.86. The van der Waals surface area contributed by atoms with E-state index in [0.717, 1.165) is 12.2 Å². The number of nitrogens with zero attached hydrogens (tertiary/aromatic N) is 1. The average molecular weight is 195 g/mol. The van der Waals surface area contributed by atoms with Crippen molar-refractivity contribution in [3.05, 3.63) is 18.2 Å². The van der Waals surface area contributed by atoms with Gasteiger partial charge in [0.1, 0.15) is 0 Å². The highest BCUT2D eigenvalue weighted by molar-refractivity contribution is 4.95. The molecular weight excluding hydrogens is 178 g/mol. The molecule has 0 amide bonds. The van der Waals surface area contributed by atoms with Crippen molar-refractivity contribution in [2.45, 2.75) is 38.0 Å². The Hall–Kier alpha value is -0.870. The number of imidazole rings is 1. The Morgan fingerprint density at radius 3 is 3.29 bits per heavy atom. The highest BCUT2D eigenvalue weighted by Gasteiger charge is 2.26. The van der Waals surface area contributed by atoms with Gasteiger partial charge in [-0.25, -0.2) is 4.98 Å². The van der Waals surface area contributed by atoms with Crippen LogP contribution in [0.5, 0.6) is 0 Å². The van der Waals surface area contributed by atoms with Gasteiger partial charge in [0.25, 0.3) is 0 Å². The largest absolute Gasteiger partial charge is 0.380 e. The van der Waals surface area contributed by atoms with Crippen LogP contribution in [0.15, 0.2) is 12.5 Å².